The number of carbonyl (C=O) groups is 2. The largest absolute Gasteiger partial charge is 0.466 e. The van der Waals surface area contributed by atoms with Crippen LogP contribution in [0.25, 0.3) is 0 Å². The lowest BCUT2D eigenvalue weighted by Gasteiger charge is -2.43. The molecule has 1 saturated heterocycles. The Morgan fingerprint density at radius 2 is 2.16 bits per heavy atom. The van der Waals surface area contributed by atoms with Gasteiger partial charge in [0.2, 0.25) is 11.9 Å². The molecule has 3 aliphatic rings. The lowest BCUT2D eigenvalue weighted by molar-refractivity contribution is -0.149. The molecule has 1 amide bonds. The average molecular weight is 346 g/mol. The second kappa shape index (κ2) is 7.42. The van der Waals surface area contributed by atoms with Crippen LogP contribution in [0.3, 0.4) is 0 Å². The molecule has 1 saturated carbocycles. The van der Waals surface area contributed by atoms with Crippen LogP contribution in [0.2, 0.25) is 0 Å². The molecule has 136 valence electrons. The Kier molecular flexibility index (Phi) is 5.26. The van der Waals surface area contributed by atoms with Crippen molar-refractivity contribution >= 4 is 17.8 Å². The van der Waals surface area contributed by atoms with Gasteiger partial charge in [0.25, 0.3) is 0 Å². The number of amides is 1. The Morgan fingerprint density at radius 3 is 2.84 bits per heavy atom. The minimum atomic E-state index is -0.720. The van der Waals surface area contributed by atoms with Crippen molar-refractivity contribution in [2.24, 2.45) is 16.8 Å². The number of nitrogens with one attached hydrogen (secondary N) is 1. The molecule has 2 aliphatic heterocycles. The van der Waals surface area contributed by atoms with Crippen molar-refractivity contribution in [2.45, 2.75) is 57.4 Å². The normalized spacial score (nSPS) is 28.7. The van der Waals surface area contributed by atoms with Gasteiger partial charge in [0.1, 0.15) is 0 Å². The third kappa shape index (κ3) is 3.48. The molecule has 3 rings (SSSR count). The Hall–Kier alpha value is -2.10. The van der Waals surface area contributed by atoms with Gasteiger partial charge in [0, 0.05) is 13.1 Å². The summed E-state index contributed by atoms with van der Waals surface area (Å²) in [7, 11) is 0. The third-order valence-electron chi connectivity index (χ3n) is 5.55. The van der Waals surface area contributed by atoms with E-state index in [2.05, 4.69) is 11.4 Å². The maximum absolute atomic E-state index is 12.5. The smallest absolute Gasteiger partial charge is 0.310 e. The molecule has 7 nitrogen and oxygen atoms in total. The summed E-state index contributed by atoms with van der Waals surface area (Å²) in [6, 6.07) is 2.17. The maximum atomic E-state index is 12.5. The number of esters is 1. The lowest BCUT2D eigenvalue weighted by Crippen LogP contribution is -2.59. The summed E-state index contributed by atoms with van der Waals surface area (Å²) in [4.78, 5) is 31.5. The minimum Gasteiger partial charge on any atom is -0.466 e. The van der Waals surface area contributed by atoms with E-state index < -0.39 is 11.5 Å². The Morgan fingerprint density at radius 1 is 1.40 bits per heavy atom. The highest BCUT2D eigenvalue weighted by Gasteiger charge is 2.48. The Balaban J connectivity index is 1.82. The zero-order valence-corrected chi connectivity index (χ0v) is 14.8. The van der Waals surface area contributed by atoms with Crippen molar-refractivity contribution in [3.63, 3.8) is 0 Å². The number of aliphatic imine (C=N–C) groups is 1. The van der Waals surface area contributed by atoms with E-state index in [0.717, 1.165) is 51.5 Å². The fourth-order valence-corrected chi connectivity index (χ4v) is 4.24. The van der Waals surface area contributed by atoms with Crippen LogP contribution in [-0.4, -0.2) is 48.0 Å². The van der Waals surface area contributed by atoms with Crippen LogP contribution in [0.15, 0.2) is 4.99 Å². The molecule has 0 bridgehead atoms. The van der Waals surface area contributed by atoms with Crippen molar-refractivity contribution in [3.8, 4) is 6.07 Å². The number of carbonyl (C=O) groups excluding carboxylic acids is 2. The summed E-state index contributed by atoms with van der Waals surface area (Å²) in [6.45, 7) is 3.44. The summed E-state index contributed by atoms with van der Waals surface area (Å²) >= 11 is 0. The van der Waals surface area contributed by atoms with Gasteiger partial charge in [-0.3, -0.25) is 14.9 Å². The molecule has 0 radical (unpaired) electrons. The quantitative estimate of drug-likeness (QED) is 0.766. The van der Waals surface area contributed by atoms with Gasteiger partial charge in [-0.2, -0.15) is 5.26 Å². The van der Waals surface area contributed by atoms with Crippen LogP contribution < -0.4 is 5.32 Å². The number of rotatable bonds is 2. The van der Waals surface area contributed by atoms with Gasteiger partial charge < -0.3 is 9.64 Å². The molecule has 0 aromatic carbocycles. The summed E-state index contributed by atoms with van der Waals surface area (Å²) in [5.41, 5.74) is -0.596. The summed E-state index contributed by atoms with van der Waals surface area (Å²) in [5.74, 6) is -0.816. The fraction of sp³-hybridized carbons (Fsp3) is 0.778. The molecule has 2 atom stereocenters. The zero-order valence-electron chi connectivity index (χ0n) is 14.8. The number of nitrogens with zero attached hydrogens (tertiary/aromatic N) is 3. The fourth-order valence-electron chi connectivity index (χ4n) is 4.24. The number of likely N-dealkylation sites (tertiary alicyclic amines) is 1. The molecule has 0 aromatic rings. The minimum absolute atomic E-state index is 0.183. The van der Waals surface area contributed by atoms with Gasteiger partial charge in [-0.1, -0.05) is 19.3 Å². The molecule has 0 aromatic heterocycles. The van der Waals surface area contributed by atoms with Gasteiger partial charge >= 0.3 is 5.97 Å². The van der Waals surface area contributed by atoms with Gasteiger partial charge in [-0.25, -0.2) is 4.99 Å². The summed E-state index contributed by atoms with van der Waals surface area (Å²) in [6.07, 6.45) is 6.31. The van der Waals surface area contributed by atoms with Crippen LogP contribution >= 0.6 is 0 Å². The number of hydrogen-bond acceptors (Lipinski definition) is 6. The van der Waals surface area contributed by atoms with Crippen LogP contribution in [0, 0.1) is 23.2 Å². The second-order valence-corrected chi connectivity index (χ2v) is 7.19. The lowest BCUT2D eigenvalue weighted by atomic mass is 9.72. The Labute approximate surface area is 148 Å². The predicted molar refractivity (Wildman–Crippen MR) is 91.4 cm³/mol. The first kappa shape index (κ1) is 17.7. The molecule has 1 aliphatic carbocycles. The number of hydrogen-bond donors (Lipinski definition) is 1. The molecule has 0 unspecified atom stereocenters. The van der Waals surface area contributed by atoms with Gasteiger partial charge in [0.05, 0.1) is 24.1 Å². The van der Waals surface area contributed by atoms with Crippen molar-refractivity contribution in [3.05, 3.63) is 0 Å². The highest BCUT2D eigenvalue weighted by molar-refractivity contribution is 6.02. The van der Waals surface area contributed by atoms with E-state index in [4.69, 9.17) is 9.73 Å². The molecule has 2 heterocycles. The van der Waals surface area contributed by atoms with E-state index in [1.807, 2.05) is 4.90 Å². The maximum Gasteiger partial charge on any atom is 0.310 e. The van der Waals surface area contributed by atoms with E-state index in [0.29, 0.717) is 19.1 Å². The third-order valence-corrected chi connectivity index (χ3v) is 5.55. The van der Waals surface area contributed by atoms with Crippen LogP contribution in [0.4, 0.5) is 0 Å². The van der Waals surface area contributed by atoms with Crippen molar-refractivity contribution in [1.29, 1.82) is 5.26 Å². The van der Waals surface area contributed by atoms with E-state index in [1.165, 1.54) is 0 Å². The van der Waals surface area contributed by atoms with E-state index >= 15 is 0 Å². The van der Waals surface area contributed by atoms with Crippen LogP contribution in [0.1, 0.15) is 51.9 Å². The van der Waals surface area contributed by atoms with Crippen molar-refractivity contribution in [1.82, 2.24) is 10.2 Å². The first-order valence-corrected chi connectivity index (χ1v) is 9.31. The van der Waals surface area contributed by atoms with Gasteiger partial charge in [-0.05, 0) is 32.6 Å². The van der Waals surface area contributed by atoms with Gasteiger partial charge in [-0.15, -0.1) is 0 Å². The van der Waals surface area contributed by atoms with Crippen molar-refractivity contribution in [2.75, 3.05) is 19.7 Å². The number of piperidine rings is 1. The van der Waals surface area contributed by atoms with Gasteiger partial charge in [0.15, 0.2) is 5.92 Å². The summed E-state index contributed by atoms with van der Waals surface area (Å²) < 4.78 is 5.15. The molecule has 25 heavy (non-hydrogen) atoms. The predicted octanol–water partition coefficient (Wildman–Crippen LogP) is 1.59. The molecular formula is C18H26N4O3. The molecular weight excluding hydrogens is 320 g/mol. The van der Waals surface area contributed by atoms with Crippen molar-refractivity contribution < 1.29 is 14.3 Å². The molecule has 2 fully saturated rings. The second-order valence-electron chi connectivity index (χ2n) is 7.19. The SMILES string of the molecule is CCOC(=O)[C@@H]1CCCN(C2=NC3(CCCCC3)[C@H](C#N)C(=O)N2)C1. The first-order valence-electron chi connectivity index (χ1n) is 9.31. The highest BCUT2D eigenvalue weighted by Crippen LogP contribution is 2.40. The van der Waals surface area contributed by atoms with E-state index in [-0.39, 0.29) is 17.8 Å². The first-order chi connectivity index (χ1) is 12.1. The molecule has 7 heteroatoms. The number of guanidine groups is 1. The monoisotopic (exact) mass is 346 g/mol. The summed E-state index contributed by atoms with van der Waals surface area (Å²) in [5, 5.41) is 12.3. The van der Waals surface area contributed by atoms with E-state index in [9.17, 15) is 14.9 Å². The topological polar surface area (TPSA) is 94.8 Å². The average Bonchev–Trinajstić information content (AvgIpc) is 2.62. The standard InChI is InChI=1S/C18H26N4O3/c1-2-25-16(24)13-7-6-10-22(12-13)17-20-15(23)14(11-19)18(21-17)8-4-3-5-9-18/h13-14H,2-10,12H2,1H3,(H,20,21,23)/t13-,14-/m1/s1. The number of nitriles is 1. The molecule has 1 spiro atoms. The zero-order chi connectivity index (χ0) is 17.9. The molecule has 1 N–H and O–H groups in total. The van der Waals surface area contributed by atoms with Crippen LogP contribution in [0.5, 0.6) is 0 Å². The Bertz CT molecular complexity index is 604. The number of ether oxygens (including phenoxy) is 1. The van der Waals surface area contributed by atoms with E-state index in [1.54, 1.807) is 6.92 Å². The van der Waals surface area contributed by atoms with Crippen LogP contribution in [-0.2, 0) is 14.3 Å². The highest BCUT2D eigenvalue weighted by atomic mass is 16.5.